The van der Waals surface area contributed by atoms with Gasteiger partial charge in [-0.05, 0) is 25.2 Å². The lowest BCUT2D eigenvalue weighted by Gasteiger charge is -2.22. The molecule has 0 amide bonds. The van der Waals surface area contributed by atoms with E-state index in [-0.39, 0.29) is 0 Å². The monoisotopic (exact) mass is 276 g/mol. The Morgan fingerprint density at radius 2 is 1.75 bits per heavy atom. The van der Waals surface area contributed by atoms with Gasteiger partial charge in [0, 0.05) is 18.0 Å². The van der Waals surface area contributed by atoms with Crippen LogP contribution in [0.2, 0.25) is 0 Å². The van der Waals surface area contributed by atoms with Crippen molar-refractivity contribution in [1.82, 2.24) is 9.97 Å². The zero-order valence-corrected chi connectivity index (χ0v) is 13.7. The molecule has 0 aliphatic heterocycles. The van der Waals surface area contributed by atoms with Crippen molar-refractivity contribution in [2.75, 3.05) is 0 Å². The molecule has 0 saturated carbocycles. The van der Waals surface area contributed by atoms with Crippen molar-refractivity contribution < 1.29 is 0 Å². The molecular formula is C18H32N2. The van der Waals surface area contributed by atoms with Crippen LogP contribution in [0.3, 0.4) is 0 Å². The first kappa shape index (κ1) is 15.6. The van der Waals surface area contributed by atoms with Gasteiger partial charge >= 0.3 is 0 Å². The lowest BCUT2D eigenvalue weighted by Crippen LogP contribution is -2.14. The number of unbranched alkanes of at least 4 members (excludes halogenated alkanes) is 6. The van der Waals surface area contributed by atoms with Crippen molar-refractivity contribution in [3.8, 4) is 0 Å². The van der Waals surface area contributed by atoms with E-state index >= 15 is 0 Å². The Bertz CT molecular complexity index is 394. The molecule has 2 nitrogen and oxygen atoms in total. The van der Waals surface area contributed by atoms with Crippen LogP contribution in [0, 0.1) is 5.92 Å². The van der Waals surface area contributed by atoms with Gasteiger partial charge in [0.25, 0.3) is 0 Å². The molecule has 0 saturated heterocycles. The van der Waals surface area contributed by atoms with Crippen molar-refractivity contribution in [2.45, 2.75) is 90.9 Å². The second-order valence-electron chi connectivity index (χ2n) is 6.86. The molecule has 0 radical (unpaired) electrons. The predicted octanol–water partition coefficient (Wildman–Crippen LogP) is 5.39. The largest absolute Gasteiger partial charge is 0.346 e. The SMILES string of the molecule is CCCCCCCCCc1nc2c([nH]1)CC(C)CC2C. The van der Waals surface area contributed by atoms with E-state index in [9.17, 15) is 0 Å². The van der Waals surface area contributed by atoms with Crippen LogP contribution < -0.4 is 0 Å². The zero-order valence-electron chi connectivity index (χ0n) is 13.7. The van der Waals surface area contributed by atoms with Crippen LogP contribution >= 0.6 is 0 Å². The minimum Gasteiger partial charge on any atom is -0.346 e. The first-order valence-electron chi connectivity index (χ1n) is 8.78. The summed E-state index contributed by atoms with van der Waals surface area (Å²) < 4.78 is 0. The molecule has 1 aliphatic rings. The summed E-state index contributed by atoms with van der Waals surface area (Å²) in [6, 6.07) is 0. The maximum atomic E-state index is 4.86. The van der Waals surface area contributed by atoms with E-state index in [4.69, 9.17) is 4.98 Å². The number of aromatic nitrogens is 2. The third-order valence-electron chi connectivity index (χ3n) is 4.65. The Morgan fingerprint density at radius 1 is 1.05 bits per heavy atom. The second kappa shape index (κ2) is 7.85. The van der Waals surface area contributed by atoms with E-state index < -0.39 is 0 Å². The van der Waals surface area contributed by atoms with Crippen LogP contribution in [0.25, 0.3) is 0 Å². The zero-order chi connectivity index (χ0) is 14.4. The first-order valence-corrected chi connectivity index (χ1v) is 8.78. The van der Waals surface area contributed by atoms with Crippen LogP contribution in [0.5, 0.6) is 0 Å². The summed E-state index contributed by atoms with van der Waals surface area (Å²) in [5, 5.41) is 0. The fourth-order valence-electron chi connectivity index (χ4n) is 3.56. The average Bonchev–Trinajstić information content (AvgIpc) is 2.81. The molecule has 1 aromatic heterocycles. The number of hydrogen-bond donors (Lipinski definition) is 1. The summed E-state index contributed by atoms with van der Waals surface area (Å²) in [5.74, 6) is 2.70. The molecule has 0 bridgehead atoms. The minimum absolute atomic E-state index is 0.646. The number of nitrogens with zero attached hydrogens (tertiary/aromatic N) is 1. The van der Waals surface area contributed by atoms with Gasteiger partial charge in [0.1, 0.15) is 5.82 Å². The molecular weight excluding hydrogens is 244 g/mol. The lowest BCUT2D eigenvalue weighted by molar-refractivity contribution is 0.440. The normalized spacial score (nSPS) is 21.9. The number of nitrogens with one attached hydrogen (secondary N) is 1. The highest BCUT2D eigenvalue weighted by atomic mass is 14.9. The van der Waals surface area contributed by atoms with Gasteiger partial charge in [-0.1, -0.05) is 59.3 Å². The third kappa shape index (κ3) is 4.36. The van der Waals surface area contributed by atoms with Gasteiger partial charge in [0.15, 0.2) is 0 Å². The van der Waals surface area contributed by atoms with E-state index in [0.717, 1.165) is 12.3 Å². The number of aromatic amines is 1. The molecule has 2 rings (SSSR count). The Hall–Kier alpha value is -0.790. The highest BCUT2D eigenvalue weighted by molar-refractivity contribution is 5.22. The quantitative estimate of drug-likeness (QED) is 0.634. The van der Waals surface area contributed by atoms with E-state index in [0.29, 0.717) is 5.92 Å². The van der Waals surface area contributed by atoms with Crippen LogP contribution in [-0.4, -0.2) is 9.97 Å². The lowest BCUT2D eigenvalue weighted by atomic mass is 9.84. The maximum absolute atomic E-state index is 4.86. The minimum atomic E-state index is 0.646. The number of aryl methyl sites for hydroxylation is 1. The predicted molar refractivity (Wildman–Crippen MR) is 86.2 cm³/mol. The summed E-state index contributed by atoms with van der Waals surface area (Å²) in [5.41, 5.74) is 2.79. The molecule has 1 heterocycles. The summed E-state index contributed by atoms with van der Waals surface area (Å²) >= 11 is 0. The molecule has 114 valence electrons. The van der Waals surface area contributed by atoms with Crippen molar-refractivity contribution >= 4 is 0 Å². The van der Waals surface area contributed by atoms with Crippen molar-refractivity contribution in [2.24, 2.45) is 5.92 Å². The smallest absolute Gasteiger partial charge is 0.106 e. The number of imidazole rings is 1. The van der Waals surface area contributed by atoms with E-state index in [1.807, 2.05) is 0 Å². The van der Waals surface area contributed by atoms with Gasteiger partial charge in [0.05, 0.1) is 5.69 Å². The highest BCUT2D eigenvalue weighted by Gasteiger charge is 2.24. The van der Waals surface area contributed by atoms with Crippen LogP contribution in [0.1, 0.15) is 95.3 Å². The first-order chi connectivity index (χ1) is 9.70. The van der Waals surface area contributed by atoms with E-state index in [2.05, 4.69) is 25.8 Å². The Morgan fingerprint density at radius 3 is 2.50 bits per heavy atom. The molecule has 1 aliphatic carbocycles. The number of hydrogen-bond acceptors (Lipinski definition) is 1. The Kier molecular flexibility index (Phi) is 6.12. The summed E-state index contributed by atoms with van der Waals surface area (Å²) in [7, 11) is 0. The maximum Gasteiger partial charge on any atom is 0.106 e. The van der Waals surface area contributed by atoms with Crippen molar-refractivity contribution in [3.05, 3.63) is 17.2 Å². The molecule has 1 N–H and O–H groups in total. The molecule has 2 unspecified atom stereocenters. The van der Waals surface area contributed by atoms with Crippen LogP contribution in [0.4, 0.5) is 0 Å². The van der Waals surface area contributed by atoms with Gasteiger partial charge in [-0.15, -0.1) is 0 Å². The number of H-pyrrole nitrogens is 1. The van der Waals surface area contributed by atoms with Crippen molar-refractivity contribution in [3.63, 3.8) is 0 Å². The number of fused-ring (bicyclic) bond motifs is 1. The number of rotatable bonds is 8. The molecule has 2 heteroatoms. The summed E-state index contributed by atoms with van der Waals surface area (Å²) in [4.78, 5) is 8.45. The molecule has 20 heavy (non-hydrogen) atoms. The van der Waals surface area contributed by atoms with Gasteiger partial charge in [0.2, 0.25) is 0 Å². The third-order valence-corrected chi connectivity index (χ3v) is 4.65. The van der Waals surface area contributed by atoms with Crippen molar-refractivity contribution in [1.29, 1.82) is 0 Å². The summed E-state index contributed by atoms with van der Waals surface area (Å²) in [6.07, 6.45) is 13.3. The van der Waals surface area contributed by atoms with Crippen LogP contribution in [-0.2, 0) is 12.8 Å². The second-order valence-corrected chi connectivity index (χ2v) is 6.86. The average molecular weight is 276 g/mol. The Balaban J connectivity index is 1.71. The molecule has 0 aromatic carbocycles. The topological polar surface area (TPSA) is 28.7 Å². The molecule has 1 aromatic rings. The molecule has 0 spiro atoms. The van der Waals surface area contributed by atoms with E-state index in [1.165, 1.54) is 75.0 Å². The highest BCUT2D eigenvalue weighted by Crippen LogP contribution is 2.32. The Labute approximate surface area is 124 Å². The fourth-order valence-corrected chi connectivity index (χ4v) is 3.56. The molecule has 2 atom stereocenters. The standard InChI is InChI=1S/C18H32N2/c1-4-5-6-7-8-9-10-11-17-19-16-13-14(2)12-15(3)18(16)20-17/h14-15H,4-13H2,1-3H3,(H,19,20). The van der Waals surface area contributed by atoms with Gasteiger partial charge < -0.3 is 4.98 Å². The summed E-state index contributed by atoms with van der Waals surface area (Å²) in [6.45, 7) is 6.96. The molecule has 0 fully saturated rings. The van der Waals surface area contributed by atoms with Crippen LogP contribution in [0.15, 0.2) is 0 Å². The van der Waals surface area contributed by atoms with Gasteiger partial charge in [-0.25, -0.2) is 4.98 Å². The fraction of sp³-hybridized carbons (Fsp3) is 0.833. The van der Waals surface area contributed by atoms with Gasteiger partial charge in [-0.3, -0.25) is 0 Å². The van der Waals surface area contributed by atoms with E-state index in [1.54, 1.807) is 0 Å². The van der Waals surface area contributed by atoms with Gasteiger partial charge in [-0.2, -0.15) is 0 Å².